The number of allylic oxidation sites excluding steroid dienone is 2. The Morgan fingerprint density at radius 1 is 1.38 bits per heavy atom. The first kappa shape index (κ1) is 5.87. The molecule has 0 fully saturated rings. The van der Waals surface area contributed by atoms with E-state index in [0.717, 1.165) is 0 Å². The second kappa shape index (κ2) is 1.93. The zero-order valence-corrected chi connectivity index (χ0v) is 5.78. The summed E-state index contributed by atoms with van der Waals surface area (Å²) in [5, 5.41) is 0. The highest BCUT2D eigenvalue weighted by Gasteiger charge is 2.21. The van der Waals surface area contributed by atoms with Crippen LogP contribution in [0.15, 0.2) is 12.2 Å². The Hall–Kier alpha value is -0.260. The predicted molar refractivity (Wildman–Crippen MR) is 36.8 cm³/mol. The maximum absolute atomic E-state index is 2.35. The van der Waals surface area contributed by atoms with Gasteiger partial charge in [-0.1, -0.05) is 32.4 Å². The highest BCUT2D eigenvalue weighted by molar-refractivity contribution is 5.00. The van der Waals surface area contributed by atoms with E-state index in [4.69, 9.17) is 0 Å². The van der Waals surface area contributed by atoms with Crippen molar-refractivity contribution in [3.05, 3.63) is 12.2 Å². The second-order valence-corrected chi connectivity index (χ2v) is 3.04. The summed E-state index contributed by atoms with van der Waals surface area (Å²) >= 11 is 0. The maximum Gasteiger partial charge on any atom is -0.0259 e. The van der Waals surface area contributed by atoms with Gasteiger partial charge in [0.25, 0.3) is 0 Å². The molecule has 0 aliphatic heterocycles. The van der Waals surface area contributed by atoms with Crippen LogP contribution in [0.5, 0.6) is 0 Å². The fourth-order valence-corrected chi connectivity index (χ4v) is 1.11. The molecule has 0 saturated carbocycles. The predicted octanol–water partition coefficient (Wildman–Crippen LogP) is 2.75. The van der Waals surface area contributed by atoms with Crippen molar-refractivity contribution in [2.45, 2.75) is 33.1 Å². The summed E-state index contributed by atoms with van der Waals surface area (Å²) in [4.78, 5) is 0. The average Bonchev–Trinajstić information content (AvgIpc) is 2.17. The normalized spacial score (nSPS) is 24.2. The molecule has 0 unspecified atom stereocenters. The summed E-state index contributed by atoms with van der Waals surface area (Å²) in [6.45, 7) is 4.62. The van der Waals surface area contributed by atoms with Gasteiger partial charge in [0, 0.05) is 0 Å². The van der Waals surface area contributed by atoms with Gasteiger partial charge in [0.2, 0.25) is 0 Å². The van der Waals surface area contributed by atoms with Crippen LogP contribution < -0.4 is 0 Å². The molecule has 0 N–H and O–H groups in total. The van der Waals surface area contributed by atoms with Crippen LogP contribution in [0.2, 0.25) is 0 Å². The van der Waals surface area contributed by atoms with Gasteiger partial charge in [-0.3, -0.25) is 0 Å². The van der Waals surface area contributed by atoms with Crippen molar-refractivity contribution in [2.75, 3.05) is 0 Å². The van der Waals surface area contributed by atoms with Gasteiger partial charge in [-0.05, 0) is 18.3 Å². The van der Waals surface area contributed by atoms with Crippen molar-refractivity contribution < 1.29 is 0 Å². The fourth-order valence-electron chi connectivity index (χ4n) is 1.11. The van der Waals surface area contributed by atoms with E-state index in [0.29, 0.717) is 5.41 Å². The molecule has 0 spiro atoms. The van der Waals surface area contributed by atoms with Crippen LogP contribution in [0.25, 0.3) is 0 Å². The van der Waals surface area contributed by atoms with Crippen molar-refractivity contribution in [3.8, 4) is 0 Å². The van der Waals surface area contributed by atoms with E-state index in [-0.39, 0.29) is 0 Å². The minimum absolute atomic E-state index is 0.625. The molecule has 0 heterocycles. The van der Waals surface area contributed by atoms with Crippen molar-refractivity contribution in [1.82, 2.24) is 0 Å². The quantitative estimate of drug-likeness (QED) is 0.455. The first-order chi connectivity index (χ1) is 3.77. The van der Waals surface area contributed by atoms with Gasteiger partial charge in [-0.15, -0.1) is 0 Å². The molecular formula is C8H14. The van der Waals surface area contributed by atoms with Crippen LogP contribution in [-0.2, 0) is 0 Å². The monoisotopic (exact) mass is 110 g/mol. The van der Waals surface area contributed by atoms with Crippen LogP contribution >= 0.6 is 0 Å². The third-order valence-electron chi connectivity index (χ3n) is 2.24. The molecule has 8 heavy (non-hydrogen) atoms. The van der Waals surface area contributed by atoms with E-state index in [1.807, 2.05) is 0 Å². The van der Waals surface area contributed by atoms with Crippen molar-refractivity contribution in [1.29, 1.82) is 0 Å². The van der Waals surface area contributed by atoms with Crippen LogP contribution in [0.4, 0.5) is 0 Å². The van der Waals surface area contributed by atoms with Gasteiger partial charge in [-0.25, -0.2) is 0 Å². The smallest absolute Gasteiger partial charge is 0.0259 e. The lowest BCUT2D eigenvalue weighted by Gasteiger charge is -2.19. The fraction of sp³-hybridized carbons (Fsp3) is 0.750. The zero-order chi connectivity index (χ0) is 6.04. The van der Waals surface area contributed by atoms with Crippen LogP contribution in [0.1, 0.15) is 33.1 Å². The summed E-state index contributed by atoms with van der Waals surface area (Å²) in [6, 6.07) is 0. The molecule has 0 aromatic heterocycles. The Bertz CT molecular complexity index is 92.6. The largest absolute Gasteiger partial charge is 0.0880 e. The molecule has 1 aliphatic rings. The lowest BCUT2D eigenvalue weighted by atomic mass is 9.85. The Morgan fingerprint density at radius 2 is 1.88 bits per heavy atom. The zero-order valence-electron chi connectivity index (χ0n) is 5.78. The van der Waals surface area contributed by atoms with Gasteiger partial charge in [0.15, 0.2) is 0 Å². The molecular weight excluding hydrogens is 96.1 g/mol. The van der Waals surface area contributed by atoms with E-state index in [2.05, 4.69) is 26.0 Å². The Kier molecular flexibility index (Phi) is 1.41. The molecule has 0 bridgehead atoms. The molecule has 0 aromatic carbocycles. The van der Waals surface area contributed by atoms with Gasteiger partial charge < -0.3 is 0 Å². The average molecular weight is 110 g/mol. The van der Waals surface area contributed by atoms with E-state index in [1.165, 1.54) is 19.3 Å². The summed E-state index contributed by atoms with van der Waals surface area (Å²) in [5.41, 5.74) is 0.625. The summed E-state index contributed by atoms with van der Waals surface area (Å²) in [7, 11) is 0. The van der Waals surface area contributed by atoms with E-state index in [9.17, 15) is 0 Å². The van der Waals surface area contributed by atoms with E-state index >= 15 is 0 Å². The topological polar surface area (TPSA) is 0 Å². The molecule has 0 radical (unpaired) electrons. The second-order valence-electron chi connectivity index (χ2n) is 3.04. The van der Waals surface area contributed by atoms with Crippen molar-refractivity contribution in [2.24, 2.45) is 5.41 Å². The minimum atomic E-state index is 0.625. The first-order valence-electron chi connectivity index (χ1n) is 3.42. The molecule has 1 aliphatic carbocycles. The Balaban J connectivity index is 2.46. The highest BCUT2D eigenvalue weighted by atomic mass is 14.3. The molecule has 0 atom stereocenters. The van der Waals surface area contributed by atoms with Gasteiger partial charge >= 0.3 is 0 Å². The van der Waals surface area contributed by atoms with Crippen LogP contribution in [-0.4, -0.2) is 0 Å². The Labute approximate surface area is 51.6 Å². The molecule has 0 aromatic rings. The lowest BCUT2D eigenvalue weighted by Crippen LogP contribution is -2.08. The molecule has 46 valence electrons. The van der Waals surface area contributed by atoms with Crippen LogP contribution in [0, 0.1) is 5.41 Å². The minimum Gasteiger partial charge on any atom is -0.0880 e. The maximum atomic E-state index is 2.35. The summed E-state index contributed by atoms with van der Waals surface area (Å²) in [5.74, 6) is 0. The van der Waals surface area contributed by atoms with E-state index < -0.39 is 0 Å². The van der Waals surface area contributed by atoms with Gasteiger partial charge in [-0.2, -0.15) is 0 Å². The number of hydrogen-bond acceptors (Lipinski definition) is 0. The van der Waals surface area contributed by atoms with Crippen molar-refractivity contribution in [3.63, 3.8) is 0 Å². The molecule has 0 amide bonds. The molecule has 0 nitrogen and oxygen atoms in total. The third kappa shape index (κ3) is 0.936. The summed E-state index contributed by atoms with van der Waals surface area (Å²) in [6.07, 6.45) is 8.50. The number of hydrogen-bond donors (Lipinski definition) is 0. The van der Waals surface area contributed by atoms with Crippen molar-refractivity contribution >= 4 is 0 Å². The van der Waals surface area contributed by atoms with E-state index in [1.54, 1.807) is 0 Å². The summed E-state index contributed by atoms with van der Waals surface area (Å²) < 4.78 is 0. The highest BCUT2D eigenvalue weighted by Crippen LogP contribution is 2.35. The molecule has 1 rings (SSSR count). The molecule has 0 saturated heterocycles. The first-order valence-corrected chi connectivity index (χ1v) is 3.42. The third-order valence-corrected chi connectivity index (χ3v) is 2.24. The lowest BCUT2D eigenvalue weighted by molar-refractivity contribution is 0.338. The SMILES string of the molecule is CCC1(C)CC=CC1. The van der Waals surface area contributed by atoms with Gasteiger partial charge in [0.1, 0.15) is 0 Å². The van der Waals surface area contributed by atoms with Crippen LogP contribution in [0.3, 0.4) is 0 Å². The van der Waals surface area contributed by atoms with Gasteiger partial charge in [0.05, 0.1) is 0 Å². The Morgan fingerprint density at radius 3 is 2.12 bits per heavy atom. The number of rotatable bonds is 1. The molecule has 0 heteroatoms. The standard InChI is InChI=1S/C8H14/c1-3-8(2)6-4-5-7-8/h4-5H,3,6-7H2,1-2H3.